The molecule has 3 N–H and O–H groups in total. The van der Waals surface area contributed by atoms with Crippen LogP contribution in [0.5, 0.6) is 0 Å². The molecule has 3 rings (SSSR count). The molecule has 0 saturated carbocycles. The number of amides is 2. The number of aryl methyl sites for hydroxylation is 1. The van der Waals surface area contributed by atoms with E-state index in [0.717, 1.165) is 18.6 Å². The fourth-order valence-electron chi connectivity index (χ4n) is 2.97. The van der Waals surface area contributed by atoms with Gasteiger partial charge in [0, 0.05) is 12.2 Å². The number of primary sulfonamides is 1. The van der Waals surface area contributed by atoms with Gasteiger partial charge in [-0.15, -0.1) is 0 Å². The van der Waals surface area contributed by atoms with E-state index in [4.69, 9.17) is 9.56 Å². The van der Waals surface area contributed by atoms with Crippen molar-refractivity contribution in [3.8, 4) is 0 Å². The Balaban J connectivity index is 1.80. The number of carbonyl (C=O) groups excluding carboxylic acids is 1. The van der Waals surface area contributed by atoms with E-state index in [1.165, 1.54) is 6.07 Å². The third-order valence-corrected chi connectivity index (χ3v) is 5.18. The summed E-state index contributed by atoms with van der Waals surface area (Å²) in [5, 5.41) is 7.94. The Bertz CT molecular complexity index is 846. The summed E-state index contributed by atoms with van der Waals surface area (Å²) in [7, 11) is -3.84. The average Bonchev–Trinajstić information content (AvgIpc) is 3.18. The smallest absolute Gasteiger partial charge is 0.322 e. The largest absolute Gasteiger partial charge is 0.467 e. The highest BCUT2D eigenvalue weighted by Crippen LogP contribution is 2.32. The first-order chi connectivity index (χ1) is 11.4. The zero-order chi connectivity index (χ0) is 17.3. The Morgan fingerprint density at radius 2 is 2.17 bits per heavy atom. The lowest BCUT2D eigenvalue weighted by molar-refractivity contribution is 0.200. The molecule has 7 nitrogen and oxygen atoms in total. The van der Waals surface area contributed by atoms with Gasteiger partial charge in [0.1, 0.15) is 5.76 Å². The lowest BCUT2D eigenvalue weighted by atomic mass is 10.2. The molecule has 0 bridgehead atoms. The summed E-state index contributed by atoms with van der Waals surface area (Å²) in [4.78, 5) is 14.3. The molecule has 0 aliphatic carbocycles. The number of hydrogen-bond acceptors (Lipinski definition) is 4. The molecule has 2 heterocycles. The topological polar surface area (TPSA) is 106 Å². The summed E-state index contributed by atoms with van der Waals surface area (Å²) >= 11 is 0. The first-order valence-electron chi connectivity index (χ1n) is 7.61. The summed E-state index contributed by atoms with van der Waals surface area (Å²) in [5.74, 6) is 0.747. The van der Waals surface area contributed by atoms with Gasteiger partial charge < -0.3 is 14.6 Å². The highest BCUT2D eigenvalue weighted by atomic mass is 32.2. The van der Waals surface area contributed by atoms with E-state index < -0.39 is 10.0 Å². The number of benzene rings is 1. The molecule has 1 aromatic carbocycles. The second kappa shape index (κ2) is 6.29. The molecule has 1 aliphatic rings. The van der Waals surface area contributed by atoms with Crippen LogP contribution >= 0.6 is 0 Å². The summed E-state index contributed by atoms with van der Waals surface area (Å²) in [6.07, 6.45) is 3.30. The zero-order valence-electron chi connectivity index (χ0n) is 13.2. The molecule has 8 heteroatoms. The summed E-state index contributed by atoms with van der Waals surface area (Å²) < 4.78 is 28.6. The van der Waals surface area contributed by atoms with Crippen LogP contribution in [0.1, 0.15) is 30.2 Å². The Morgan fingerprint density at radius 3 is 2.83 bits per heavy atom. The van der Waals surface area contributed by atoms with Gasteiger partial charge in [-0.2, -0.15) is 0 Å². The maximum absolute atomic E-state index is 12.6. The van der Waals surface area contributed by atoms with Crippen molar-refractivity contribution in [2.24, 2.45) is 5.14 Å². The van der Waals surface area contributed by atoms with Crippen molar-refractivity contribution in [3.63, 3.8) is 0 Å². The number of urea groups is 1. The van der Waals surface area contributed by atoms with E-state index in [2.05, 4.69) is 5.32 Å². The minimum Gasteiger partial charge on any atom is -0.467 e. The van der Waals surface area contributed by atoms with E-state index in [1.807, 2.05) is 6.07 Å². The number of furan rings is 1. The van der Waals surface area contributed by atoms with Crippen LogP contribution in [-0.2, 0) is 10.0 Å². The summed E-state index contributed by atoms with van der Waals surface area (Å²) in [6, 6.07) is 7.88. The van der Waals surface area contributed by atoms with Crippen molar-refractivity contribution in [2.45, 2.75) is 30.7 Å². The number of nitrogens with zero attached hydrogens (tertiary/aromatic N) is 1. The van der Waals surface area contributed by atoms with Crippen LogP contribution < -0.4 is 10.5 Å². The normalized spacial score (nSPS) is 17.9. The molecule has 2 aromatic rings. The van der Waals surface area contributed by atoms with Crippen LogP contribution in [0, 0.1) is 6.92 Å². The van der Waals surface area contributed by atoms with Gasteiger partial charge in [0.15, 0.2) is 0 Å². The fraction of sp³-hybridized carbons (Fsp3) is 0.312. The molecule has 1 atom stereocenters. The van der Waals surface area contributed by atoms with Crippen LogP contribution in [0.4, 0.5) is 10.5 Å². The summed E-state index contributed by atoms with van der Waals surface area (Å²) in [6.45, 7) is 2.27. The number of sulfonamides is 1. The van der Waals surface area contributed by atoms with Crippen LogP contribution in [0.2, 0.25) is 0 Å². The molecule has 0 spiro atoms. The van der Waals surface area contributed by atoms with Gasteiger partial charge >= 0.3 is 6.03 Å². The van der Waals surface area contributed by atoms with Crippen molar-refractivity contribution in [2.75, 3.05) is 11.9 Å². The molecule has 0 radical (unpaired) electrons. The third-order valence-electron chi connectivity index (χ3n) is 4.13. The van der Waals surface area contributed by atoms with Crippen molar-refractivity contribution in [1.29, 1.82) is 0 Å². The Hall–Kier alpha value is -2.32. The van der Waals surface area contributed by atoms with Gasteiger partial charge in [-0.25, -0.2) is 18.4 Å². The van der Waals surface area contributed by atoms with Crippen LogP contribution in [0.15, 0.2) is 45.9 Å². The number of hydrogen-bond donors (Lipinski definition) is 2. The molecule has 24 heavy (non-hydrogen) atoms. The first kappa shape index (κ1) is 16.5. The maximum atomic E-state index is 12.6. The summed E-state index contributed by atoms with van der Waals surface area (Å²) in [5.41, 5.74) is 0.921. The molecule has 128 valence electrons. The quantitative estimate of drug-likeness (QED) is 0.888. The van der Waals surface area contributed by atoms with Crippen LogP contribution in [-0.4, -0.2) is 25.9 Å². The second-order valence-corrected chi connectivity index (χ2v) is 7.35. The van der Waals surface area contributed by atoms with E-state index in [1.54, 1.807) is 36.3 Å². The molecule has 2 amide bonds. The van der Waals surface area contributed by atoms with Crippen molar-refractivity contribution in [3.05, 3.63) is 47.9 Å². The Labute approximate surface area is 140 Å². The molecular formula is C16H19N3O4S. The molecule has 1 fully saturated rings. The number of likely N-dealkylation sites (tertiary alicyclic amines) is 1. The lowest BCUT2D eigenvalue weighted by Gasteiger charge is -2.23. The SMILES string of the molecule is Cc1ccc(NC(=O)N2CCC[C@H]2c2ccco2)cc1S(N)(=O)=O. The number of anilines is 1. The van der Waals surface area contributed by atoms with Gasteiger partial charge in [-0.05, 0) is 49.6 Å². The lowest BCUT2D eigenvalue weighted by Crippen LogP contribution is -2.34. The second-order valence-electron chi connectivity index (χ2n) is 5.82. The minimum absolute atomic E-state index is 0.00399. The number of carbonyl (C=O) groups is 1. The fourth-order valence-corrected chi connectivity index (χ4v) is 3.77. The van der Waals surface area contributed by atoms with Gasteiger partial charge in [0.2, 0.25) is 10.0 Å². The van der Waals surface area contributed by atoms with E-state index in [-0.39, 0.29) is 17.0 Å². The Kier molecular flexibility index (Phi) is 4.33. The molecular weight excluding hydrogens is 330 g/mol. The number of nitrogens with two attached hydrogens (primary N) is 1. The molecule has 1 aliphatic heterocycles. The van der Waals surface area contributed by atoms with Crippen molar-refractivity contribution in [1.82, 2.24) is 4.90 Å². The predicted molar refractivity (Wildman–Crippen MR) is 89.0 cm³/mol. The average molecular weight is 349 g/mol. The maximum Gasteiger partial charge on any atom is 0.322 e. The first-order valence-corrected chi connectivity index (χ1v) is 9.15. The van der Waals surface area contributed by atoms with Gasteiger partial charge in [0.05, 0.1) is 17.2 Å². The van der Waals surface area contributed by atoms with Gasteiger partial charge in [-0.1, -0.05) is 6.07 Å². The number of nitrogens with one attached hydrogen (secondary N) is 1. The molecule has 0 unspecified atom stereocenters. The standard InChI is InChI=1S/C16H19N3O4S/c1-11-6-7-12(10-15(11)24(17,21)22)18-16(20)19-8-2-4-13(19)14-5-3-9-23-14/h3,5-7,9-10,13H,2,4,8H2,1H3,(H,18,20)(H2,17,21,22)/t13-/m0/s1. The van der Waals surface area contributed by atoms with Crippen LogP contribution in [0.25, 0.3) is 0 Å². The highest BCUT2D eigenvalue weighted by Gasteiger charge is 2.31. The van der Waals surface area contributed by atoms with Gasteiger partial charge in [-0.3, -0.25) is 0 Å². The third kappa shape index (κ3) is 3.29. The van der Waals surface area contributed by atoms with Crippen molar-refractivity contribution >= 4 is 21.7 Å². The van der Waals surface area contributed by atoms with E-state index >= 15 is 0 Å². The highest BCUT2D eigenvalue weighted by molar-refractivity contribution is 7.89. The zero-order valence-corrected chi connectivity index (χ0v) is 14.0. The monoisotopic (exact) mass is 349 g/mol. The number of rotatable bonds is 3. The Morgan fingerprint density at radius 1 is 1.38 bits per heavy atom. The minimum atomic E-state index is -3.84. The van der Waals surface area contributed by atoms with E-state index in [0.29, 0.717) is 17.8 Å². The van der Waals surface area contributed by atoms with Gasteiger partial charge in [0.25, 0.3) is 0 Å². The predicted octanol–water partition coefficient (Wildman–Crippen LogP) is 2.60. The molecule has 1 saturated heterocycles. The van der Waals surface area contributed by atoms with E-state index in [9.17, 15) is 13.2 Å². The van der Waals surface area contributed by atoms with Crippen molar-refractivity contribution < 1.29 is 17.6 Å². The van der Waals surface area contributed by atoms with Crippen LogP contribution in [0.3, 0.4) is 0 Å². The molecule has 1 aromatic heterocycles.